The summed E-state index contributed by atoms with van der Waals surface area (Å²) in [6, 6.07) is 8.75. The fourth-order valence-electron chi connectivity index (χ4n) is 1.09. The van der Waals surface area contributed by atoms with Crippen LogP contribution in [0.5, 0.6) is 0 Å². The molecule has 1 aromatic carbocycles. The number of hydrogen-bond donors (Lipinski definition) is 1. The Morgan fingerprint density at radius 2 is 2.55 bits per heavy atom. The summed E-state index contributed by atoms with van der Waals surface area (Å²) < 4.78 is 0. The lowest BCUT2D eigenvalue weighted by atomic mass is 10.3. The quantitative estimate of drug-likeness (QED) is 0.650. The van der Waals surface area contributed by atoms with Gasteiger partial charge in [0.1, 0.15) is 0 Å². The van der Waals surface area contributed by atoms with Crippen LogP contribution in [0.25, 0.3) is 10.9 Å². The summed E-state index contributed by atoms with van der Waals surface area (Å²) in [6.45, 7) is 0. The molecular weight excluding hydrogens is 138 g/mol. The van der Waals surface area contributed by atoms with Crippen molar-refractivity contribution in [3.63, 3.8) is 0 Å². The number of hydrogen-bond acceptors (Lipinski definition) is 2. The zero-order chi connectivity index (χ0) is 7.68. The Morgan fingerprint density at radius 1 is 1.64 bits per heavy atom. The van der Waals surface area contributed by atoms with Crippen LogP contribution in [0.2, 0.25) is 0 Å². The molecule has 0 aliphatic heterocycles. The topological polar surface area (TPSA) is 29.9 Å². The summed E-state index contributed by atoms with van der Waals surface area (Å²) in [5.41, 5.74) is 4.02. The molecule has 2 rings (SSSR count). The van der Waals surface area contributed by atoms with Crippen LogP contribution in [0.1, 0.15) is 0 Å². The van der Waals surface area contributed by atoms with Crippen LogP contribution in [0.4, 0.5) is 0 Å². The molecule has 2 aromatic rings. The fourth-order valence-corrected chi connectivity index (χ4v) is 1.09. The molecule has 0 unspecified atom stereocenters. The molecule has 0 atom stereocenters. The molecule has 1 aromatic heterocycles. The number of nitrogens with zero attached hydrogens (tertiary/aromatic N) is 2. The van der Waals surface area contributed by atoms with Crippen LogP contribution < -0.4 is 5.43 Å². The lowest BCUT2D eigenvalue weighted by Gasteiger charge is -1.98. The van der Waals surface area contributed by atoms with Crippen LogP contribution in [-0.4, -0.2) is 16.9 Å². The third kappa shape index (κ3) is 0.852. The highest BCUT2D eigenvalue weighted by molar-refractivity contribution is 5.78. The van der Waals surface area contributed by atoms with Crippen LogP contribution in [0.3, 0.4) is 0 Å². The molecule has 0 spiro atoms. The standard InChI is InChI=1S/C8H8N3/c1-9-11-8-5-3-2-4-7(8)6-10-11/h3-6,9H,1H3. The van der Waals surface area contributed by atoms with E-state index >= 15 is 0 Å². The molecule has 0 aliphatic carbocycles. The summed E-state index contributed by atoms with van der Waals surface area (Å²) in [4.78, 5) is 1.73. The van der Waals surface area contributed by atoms with Crippen molar-refractivity contribution >= 4 is 10.9 Å². The number of aromatic nitrogens is 2. The van der Waals surface area contributed by atoms with Gasteiger partial charge in [0.25, 0.3) is 0 Å². The third-order valence-electron chi connectivity index (χ3n) is 1.62. The van der Waals surface area contributed by atoms with E-state index in [2.05, 4.69) is 16.6 Å². The Kier molecular flexibility index (Phi) is 1.28. The Balaban J connectivity index is 2.76. The summed E-state index contributed by atoms with van der Waals surface area (Å²) in [5, 5.41) is 5.20. The van der Waals surface area contributed by atoms with Crippen molar-refractivity contribution in [3.05, 3.63) is 30.5 Å². The monoisotopic (exact) mass is 146 g/mol. The molecule has 1 heterocycles. The number of fused-ring (bicyclic) bond motifs is 1. The van der Waals surface area contributed by atoms with E-state index in [9.17, 15) is 0 Å². The lowest BCUT2D eigenvalue weighted by Crippen LogP contribution is -2.09. The number of rotatable bonds is 1. The summed E-state index contributed by atoms with van der Waals surface area (Å²) in [5.74, 6) is 0. The van der Waals surface area contributed by atoms with E-state index in [1.54, 1.807) is 4.79 Å². The van der Waals surface area contributed by atoms with E-state index in [0.717, 1.165) is 10.9 Å². The van der Waals surface area contributed by atoms with Crippen LogP contribution >= 0.6 is 0 Å². The molecule has 0 saturated carbocycles. The maximum atomic E-state index is 4.10. The predicted octanol–water partition coefficient (Wildman–Crippen LogP) is 1.01. The van der Waals surface area contributed by atoms with Gasteiger partial charge in [-0.2, -0.15) is 9.89 Å². The van der Waals surface area contributed by atoms with Gasteiger partial charge in [-0.1, -0.05) is 6.07 Å². The second-order valence-corrected chi connectivity index (χ2v) is 2.26. The van der Waals surface area contributed by atoms with Gasteiger partial charge in [0.15, 0.2) is 0 Å². The molecule has 55 valence electrons. The van der Waals surface area contributed by atoms with Gasteiger partial charge in [0, 0.05) is 12.4 Å². The van der Waals surface area contributed by atoms with E-state index < -0.39 is 0 Å². The highest BCUT2D eigenvalue weighted by atomic mass is 15.5. The molecule has 0 fully saturated rings. The van der Waals surface area contributed by atoms with E-state index in [1.807, 2.05) is 31.4 Å². The van der Waals surface area contributed by atoms with E-state index in [0.29, 0.717) is 0 Å². The van der Waals surface area contributed by atoms with Crippen LogP contribution in [0, 0.1) is 6.07 Å². The molecule has 11 heavy (non-hydrogen) atoms. The molecule has 0 aliphatic rings. The van der Waals surface area contributed by atoms with Gasteiger partial charge in [-0.25, -0.2) is 0 Å². The zero-order valence-corrected chi connectivity index (χ0v) is 6.20. The van der Waals surface area contributed by atoms with E-state index in [-0.39, 0.29) is 0 Å². The molecular formula is C8H8N3. The van der Waals surface area contributed by atoms with Gasteiger partial charge < -0.3 is 5.43 Å². The molecule has 1 N–H and O–H groups in total. The number of benzene rings is 1. The Bertz CT molecular complexity index is 364. The molecule has 3 nitrogen and oxygen atoms in total. The van der Waals surface area contributed by atoms with Gasteiger partial charge in [0.05, 0.1) is 11.7 Å². The van der Waals surface area contributed by atoms with Crippen molar-refractivity contribution in [2.45, 2.75) is 0 Å². The Labute approximate surface area is 64.6 Å². The minimum atomic E-state index is 1.08. The Hall–Kier alpha value is -1.51. The largest absolute Gasteiger partial charge is 0.313 e. The van der Waals surface area contributed by atoms with Crippen molar-refractivity contribution in [1.29, 1.82) is 0 Å². The maximum absolute atomic E-state index is 4.10. The van der Waals surface area contributed by atoms with Gasteiger partial charge in [-0.15, -0.1) is 0 Å². The minimum absolute atomic E-state index is 1.08. The zero-order valence-electron chi connectivity index (χ0n) is 6.20. The summed E-state index contributed by atoms with van der Waals surface area (Å²) in [6.07, 6.45) is 1.81. The number of nitrogens with one attached hydrogen (secondary N) is 1. The van der Waals surface area contributed by atoms with Gasteiger partial charge in [-0.05, 0) is 18.2 Å². The molecule has 0 bridgehead atoms. The van der Waals surface area contributed by atoms with Crippen LogP contribution in [-0.2, 0) is 0 Å². The van der Waals surface area contributed by atoms with Gasteiger partial charge in [0.2, 0.25) is 0 Å². The predicted molar refractivity (Wildman–Crippen MR) is 43.9 cm³/mol. The second kappa shape index (κ2) is 2.27. The van der Waals surface area contributed by atoms with Crippen LogP contribution in [0.15, 0.2) is 24.4 Å². The Morgan fingerprint density at radius 3 is 3.36 bits per heavy atom. The summed E-state index contributed by atoms with van der Waals surface area (Å²) in [7, 11) is 1.84. The highest BCUT2D eigenvalue weighted by Crippen LogP contribution is 2.09. The van der Waals surface area contributed by atoms with Crippen molar-refractivity contribution in [2.75, 3.05) is 12.5 Å². The molecule has 0 saturated heterocycles. The van der Waals surface area contributed by atoms with Crippen molar-refractivity contribution < 1.29 is 0 Å². The third-order valence-corrected chi connectivity index (χ3v) is 1.62. The first-order valence-electron chi connectivity index (χ1n) is 3.43. The highest BCUT2D eigenvalue weighted by Gasteiger charge is 1.96. The van der Waals surface area contributed by atoms with Crippen molar-refractivity contribution in [1.82, 2.24) is 9.89 Å². The SMILES string of the molecule is CNn1ncc2c[c]ccc21. The fraction of sp³-hybridized carbons (Fsp3) is 0.125. The molecule has 3 heteroatoms. The second-order valence-electron chi connectivity index (χ2n) is 2.26. The average Bonchev–Trinajstić information content (AvgIpc) is 2.47. The lowest BCUT2D eigenvalue weighted by molar-refractivity contribution is 0.810. The first-order chi connectivity index (χ1) is 5.42. The van der Waals surface area contributed by atoms with E-state index in [4.69, 9.17) is 0 Å². The maximum Gasteiger partial charge on any atom is 0.0918 e. The van der Waals surface area contributed by atoms with E-state index in [1.165, 1.54) is 0 Å². The normalized spacial score (nSPS) is 10.3. The van der Waals surface area contributed by atoms with Gasteiger partial charge in [-0.3, -0.25) is 0 Å². The smallest absolute Gasteiger partial charge is 0.0918 e. The average molecular weight is 146 g/mol. The first kappa shape index (κ1) is 6.22. The molecule has 0 amide bonds. The first-order valence-corrected chi connectivity index (χ1v) is 3.43. The minimum Gasteiger partial charge on any atom is -0.313 e. The van der Waals surface area contributed by atoms with Crippen molar-refractivity contribution in [2.24, 2.45) is 0 Å². The molecule has 1 radical (unpaired) electrons. The summed E-state index contributed by atoms with van der Waals surface area (Å²) >= 11 is 0. The van der Waals surface area contributed by atoms with Crippen molar-refractivity contribution in [3.8, 4) is 0 Å². The van der Waals surface area contributed by atoms with Gasteiger partial charge >= 0.3 is 0 Å².